The molecule has 176 valence electrons. The fraction of sp³-hybridized carbons (Fsp3) is 0.259. The number of esters is 1. The van der Waals surface area contributed by atoms with Crippen LogP contribution in [-0.2, 0) is 9.47 Å². The van der Waals surface area contributed by atoms with Crippen LogP contribution < -0.4 is 5.32 Å². The molecular weight excluding hydrogens is 434 g/mol. The summed E-state index contributed by atoms with van der Waals surface area (Å²) in [6.07, 6.45) is -3.28. The second kappa shape index (κ2) is 10.5. The highest BCUT2D eigenvalue weighted by molar-refractivity contribution is 5.89. The Kier molecular flexibility index (Phi) is 7.25. The van der Waals surface area contributed by atoms with Crippen molar-refractivity contribution in [1.29, 1.82) is 0 Å². The second-order valence-corrected chi connectivity index (χ2v) is 8.06. The highest BCUT2D eigenvalue weighted by Crippen LogP contribution is 2.44. The Morgan fingerprint density at radius 2 is 1.56 bits per heavy atom. The van der Waals surface area contributed by atoms with Crippen LogP contribution in [0, 0.1) is 0 Å². The Morgan fingerprint density at radius 1 is 0.912 bits per heavy atom. The van der Waals surface area contributed by atoms with Crippen LogP contribution in [0.2, 0.25) is 0 Å². The third kappa shape index (κ3) is 4.95. The lowest BCUT2D eigenvalue weighted by molar-refractivity contribution is 0.0184. The molecule has 34 heavy (non-hydrogen) atoms. The minimum atomic E-state index is -1.30. The number of nitrogens with one attached hydrogen (secondary N) is 1. The van der Waals surface area contributed by atoms with E-state index in [0.29, 0.717) is 5.56 Å². The Hall–Kier alpha value is -3.68. The predicted molar refractivity (Wildman–Crippen MR) is 126 cm³/mol. The van der Waals surface area contributed by atoms with Gasteiger partial charge in [-0.25, -0.2) is 9.59 Å². The molecular formula is C27H27NO6. The molecule has 0 bridgehead atoms. The third-order valence-corrected chi connectivity index (χ3v) is 5.90. The first kappa shape index (κ1) is 23.5. The lowest BCUT2D eigenvalue weighted by atomic mass is 9.98. The molecule has 1 amide bonds. The average Bonchev–Trinajstić information content (AvgIpc) is 3.19. The Labute approximate surface area is 198 Å². The van der Waals surface area contributed by atoms with Gasteiger partial charge in [0, 0.05) is 12.5 Å². The van der Waals surface area contributed by atoms with Crippen molar-refractivity contribution in [3.8, 4) is 11.1 Å². The van der Waals surface area contributed by atoms with Crippen molar-refractivity contribution >= 4 is 12.1 Å². The maximum Gasteiger partial charge on any atom is 0.407 e. The molecule has 7 heteroatoms. The first-order valence-electron chi connectivity index (χ1n) is 11.2. The lowest BCUT2D eigenvalue weighted by Gasteiger charge is -2.20. The highest BCUT2D eigenvalue weighted by Gasteiger charge is 2.29. The van der Waals surface area contributed by atoms with Crippen molar-refractivity contribution in [2.24, 2.45) is 0 Å². The van der Waals surface area contributed by atoms with Gasteiger partial charge in [0.2, 0.25) is 0 Å². The van der Waals surface area contributed by atoms with E-state index >= 15 is 0 Å². The number of ether oxygens (including phenoxy) is 2. The van der Waals surface area contributed by atoms with Crippen molar-refractivity contribution in [3.63, 3.8) is 0 Å². The van der Waals surface area contributed by atoms with Gasteiger partial charge in [0.15, 0.2) is 0 Å². The summed E-state index contributed by atoms with van der Waals surface area (Å²) < 4.78 is 10.4. The first-order chi connectivity index (χ1) is 16.5. The van der Waals surface area contributed by atoms with Gasteiger partial charge >= 0.3 is 12.1 Å². The molecule has 0 radical (unpaired) electrons. The maximum atomic E-state index is 12.3. The van der Waals surface area contributed by atoms with Crippen LogP contribution in [-0.4, -0.2) is 48.1 Å². The Morgan fingerprint density at radius 3 is 2.21 bits per heavy atom. The molecule has 0 saturated heterocycles. The molecule has 7 nitrogen and oxygen atoms in total. The van der Waals surface area contributed by atoms with E-state index in [1.807, 2.05) is 36.4 Å². The molecule has 3 N–H and O–H groups in total. The van der Waals surface area contributed by atoms with Gasteiger partial charge in [0.25, 0.3) is 0 Å². The number of amides is 1. The Bertz CT molecular complexity index is 1130. The van der Waals surface area contributed by atoms with E-state index in [-0.39, 0.29) is 31.2 Å². The van der Waals surface area contributed by atoms with Gasteiger partial charge in [0.1, 0.15) is 18.8 Å². The molecule has 4 rings (SSSR count). The summed E-state index contributed by atoms with van der Waals surface area (Å²) in [4.78, 5) is 24.2. The summed E-state index contributed by atoms with van der Waals surface area (Å²) in [5.41, 5.74) is 5.09. The van der Waals surface area contributed by atoms with Crippen molar-refractivity contribution < 1.29 is 29.3 Å². The summed E-state index contributed by atoms with van der Waals surface area (Å²) >= 11 is 0. The summed E-state index contributed by atoms with van der Waals surface area (Å²) in [5, 5.41) is 23.3. The number of fused-ring (bicyclic) bond motifs is 3. The van der Waals surface area contributed by atoms with Crippen LogP contribution >= 0.6 is 0 Å². The van der Waals surface area contributed by atoms with Crippen LogP contribution in [0.25, 0.3) is 11.1 Å². The summed E-state index contributed by atoms with van der Waals surface area (Å²) in [5.74, 6) is -0.581. The minimum absolute atomic E-state index is 0.0701. The maximum absolute atomic E-state index is 12.3. The molecule has 3 aromatic rings. The van der Waals surface area contributed by atoms with Gasteiger partial charge in [-0.05, 0) is 46.9 Å². The van der Waals surface area contributed by atoms with Crippen LogP contribution in [0.5, 0.6) is 0 Å². The van der Waals surface area contributed by atoms with Gasteiger partial charge in [-0.15, -0.1) is 0 Å². The number of aliphatic hydroxyl groups excluding tert-OH is 2. The second-order valence-electron chi connectivity index (χ2n) is 8.06. The van der Waals surface area contributed by atoms with Gasteiger partial charge < -0.3 is 25.0 Å². The molecule has 0 saturated carbocycles. The zero-order chi connectivity index (χ0) is 24.1. The van der Waals surface area contributed by atoms with E-state index in [1.165, 1.54) is 6.07 Å². The first-order valence-corrected chi connectivity index (χ1v) is 11.2. The number of aliphatic hydroxyl groups is 2. The van der Waals surface area contributed by atoms with E-state index in [1.54, 1.807) is 25.1 Å². The molecule has 0 aliphatic heterocycles. The summed E-state index contributed by atoms with van der Waals surface area (Å²) in [6.45, 7) is 1.87. The fourth-order valence-corrected chi connectivity index (χ4v) is 4.24. The summed E-state index contributed by atoms with van der Waals surface area (Å²) in [6, 6.07) is 22.3. The number of carbonyl (C=O) groups excluding carboxylic acids is 2. The van der Waals surface area contributed by atoms with E-state index in [4.69, 9.17) is 9.47 Å². The molecule has 0 aromatic heterocycles. The SMILES string of the molecule is CCOC(=O)c1cccc(C(O)C(O)CNC(=O)OCC2c3ccccc3-c3ccccc32)c1. The van der Waals surface area contributed by atoms with Gasteiger partial charge in [-0.1, -0.05) is 60.7 Å². The van der Waals surface area contributed by atoms with E-state index < -0.39 is 24.3 Å². The largest absolute Gasteiger partial charge is 0.462 e. The Balaban J connectivity index is 1.32. The smallest absolute Gasteiger partial charge is 0.407 e. The normalized spacial score (nSPS) is 14.0. The minimum Gasteiger partial charge on any atom is -0.462 e. The van der Waals surface area contributed by atoms with Gasteiger partial charge in [-0.3, -0.25) is 0 Å². The van der Waals surface area contributed by atoms with Crippen LogP contribution in [0.4, 0.5) is 4.79 Å². The van der Waals surface area contributed by atoms with Crippen molar-refractivity contribution in [1.82, 2.24) is 5.32 Å². The molecule has 2 atom stereocenters. The van der Waals surface area contributed by atoms with Crippen LogP contribution in [0.15, 0.2) is 72.8 Å². The molecule has 1 aliphatic rings. The van der Waals surface area contributed by atoms with E-state index in [2.05, 4.69) is 17.4 Å². The summed E-state index contributed by atoms with van der Waals surface area (Å²) in [7, 11) is 0. The van der Waals surface area contributed by atoms with Gasteiger partial charge in [-0.2, -0.15) is 0 Å². The number of hydrogen-bond donors (Lipinski definition) is 3. The monoisotopic (exact) mass is 461 g/mol. The molecule has 3 aromatic carbocycles. The van der Waals surface area contributed by atoms with Crippen molar-refractivity contribution in [3.05, 3.63) is 95.1 Å². The quantitative estimate of drug-likeness (QED) is 0.441. The predicted octanol–water partition coefficient (Wildman–Crippen LogP) is 3.80. The topological polar surface area (TPSA) is 105 Å². The molecule has 0 heterocycles. The van der Waals surface area contributed by atoms with Crippen molar-refractivity contribution in [2.45, 2.75) is 25.0 Å². The molecule has 0 fully saturated rings. The number of hydrogen-bond acceptors (Lipinski definition) is 6. The number of benzene rings is 3. The van der Waals surface area contributed by atoms with E-state index in [9.17, 15) is 19.8 Å². The fourth-order valence-electron chi connectivity index (χ4n) is 4.24. The van der Waals surface area contributed by atoms with E-state index in [0.717, 1.165) is 22.3 Å². The molecule has 1 aliphatic carbocycles. The van der Waals surface area contributed by atoms with Crippen LogP contribution in [0.1, 0.15) is 46.0 Å². The van der Waals surface area contributed by atoms with Gasteiger partial charge in [0.05, 0.1) is 12.2 Å². The standard InChI is InChI=1S/C27H27NO6/c1-2-33-26(31)18-9-7-8-17(14-18)25(30)24(29)15-28-27(32)34-16-23-21-12-5-3-10-19(21)20-11-4-6-13-22(20)23/h3-14,23-25,29-30H,2,15-16H2,1H3,(H,28,32). The lowest BCUT2D eigenvalue weighted by Crippen LogP contribution is -2.36. The number of rotatable bonds is 8. The zero-order valence-electron chi connectivity index (χ0n) is 18.8. The van der Waals surface area contributed by atoms with Crippen LogP contribution in [0.3, 0.4) is 0 Å². The molecule has 0 spiro atoms. The average molecular weight is 462 g/mol. The number of alkyl carbamates (subject to hydrolysis) is 1. The van der Waals surface area contributed by atoms with Crippen molar-refractivity contribution in [2.75, 3.05) is 19.8 Å². The third-order valence-electron chi connectivity index (χ3n) is 5.90. The number of carbonyl (C=O) groups is 2. The zero-order valence-corrected chi connectivity index (χ0v) is 18.8. The highest BCUT2D eigenvalue weighted by atomic mass is 16.5. The molecule has 2 unspecified atom stereocenters.